The number of aromatic nitrogens is 2. The third-order valence-electron chi connectivity index (χ3n) is 3.78. The molecule has 0 saturated heterocycles. The molecule has 0 saturated carbocycles. The molecule has 0 radical (unpaired) electrons. The fraction of sp³-hybridized carbons (Fsp3) is 0.471. The average Bonchev–Trinajstić information content (AvgIpc) is 2.95. The first-order chi connectivity index (χ1) is 10.1. The van der Waals surface area contributed by atoms with Crippen LogP contribution < -0.4 is 4.74 Å². The van der Waals surface area contributed by atoms with E-state index in [-0.39, 0.29) is 0 Å². The highest BCUT2D eigenvalue weighted by molar-refractivity contribution is 5.27. The van der Waals surface area contributed by atoms with Gasteiger partial charge < -0.3 is 9.84 Å². The normalized spacial score (nSPS) is 13.9. The minimum Gasteiger partial charge on any atom is -0.497 e. The van der Waals surface area contributed by atoms with Gasteiger partial charge in [0.05, 0.1) is 18.9 Å². The third kappa shape index (κ3) is 4.33. The summed E-state index contributed by atoms with van der Waals surface area (Å²) < 4.78 is 7.10. The van der Waals surface area contributed by atoms with E-state index in [4.69, 9.17) is 4.74 Å². The molecule has 2 unspecified atom stereocenters. The Morgan fingerprint density at radius 1 is 1.19 bits per heavy atom. The molecule has 0 aliphatic carbocycles. The van der Waals surface area contributed by atoms with E-state index in [0.717, 1.165) is 23.4 Å². The zero-order valence-corrected chi connectivity index (χ0v) is 13.0. The molecule has 0 bridgehead atoms. The Kier molecular flexibility index (Phi) is 5.39. The van der Waals surface area contributed by atoms with Crippen molar-refractivity contribution >= 4 is 0 Å². The van der Waals surface area contributed by atoms with Crippen LogP contribution in [0.1, 0.15) is 37.6 Å². The van der Waals surface area contributed by atoms with Gasteiger partial charge >= 0.3 is 0 Å². The van der Waals surface area contributed by atoms with Crippen molar-refractivity contribution in [2.75, 3.05) is 7.11 Å². The van der Waals surface area contributed by atoms with Gasteiger partial charge in [0.25, 0.3) is 0 Å². The number of hydrogen-bond donors (Lipinski definition) is 1. The Balaban J connectivity index is 1.91. The molecule has 114 valence electrons. The highest BCUT2D eigenvalue weighted by atomic mass is 16.5. The number of benzene rings is 1. The van der Waals surface area contributed by atoms with Crippen LogP contribution in [0.2, 0.25) is 0 Å². The van der Waals surface area contributed by atoms with Crippen molar-refractivity contribution in [2.45, 2.75) is 45.3 Å². The monoisotopic (exact) mass is 288 g/mol. The second-order valence-corrected chi connectivity index (χ2v) is 5.45. The molecule has 4 heteroatoms. The molecular weight excluding hydrogens is 264 g/mol. The van der Waals surface area contributed by atoms with E-state index >= 15 is 0 Å². The summed E-state index contributed by atoms with van der Waals surface area (Å²) in [6.07, 6.45) is 3.83. The maximum absolute atomic E-state index is 10.2. The van der Waals surface area contributed by atoms with Gasteiger partial charge in [0.2, 0.25) is 0 Å². The fourth-order valence-electron chi connectivity index (χ4n) is 2.27. The minimum atomic E-state index is -0.418. The Labute approximate surface area is 126 Å². The van der Waals surface area contributed by atoms with Crippen LogP contribution in [0.15, 0.2) is 36.5 Å². The van der Waals surface area contributed by atoms with Crippen LogP contribution in [0.3, 0.4) is 0 Å². The second-order valence-electron chi connectivity index (χ2n) is 5.45. The molecule has 21 heavy (non-hydrogen) atoms. The zero-order chi connectivity index (χ0) is 15.2. The largest absolute Gasteiger partial charge is 0.497 e. The number of methoxy groups -OCH3 is 1. The molecule has 2 rings (SSSR count). The molecule has 2 atom stereocenters. The van der Waals surface area contributed by atoms with Crippen LogP contribution in [-0.4, -0.2) is 28.1 Å². The van der Waals surface area contributed by atoms with Crippen molar-refractivity contribution in [1.29, 1.82) is 0 Å². The number of aliphatic hydroxyl groups is 1. The lowest BCUT2D eigenvalue weighted by molar-refractivity contribution is 0.174. The summed E-state index contributed by atoms with van der Waals surface area (Å²) in [5.41, 5.74) is 2.04. The quantitative estimate of drug-likeness (QED) is 0.852. The van der Waals surface area contributed by atoms with Gasteiger partial charge in [0, 0.05) is 18.7 Å². The Bertz CT molecular complexity index is 548. The predicted molar refractivity (Wildman–Crippen MR) is 83.6 cm³/mol. The molecule has 1 aromatic carbocycles. The summed E-state index contributed by atoms with van der Waals surface area (Å²) in [5, 5.41) is 14.7. The van der Waals surface area contributed by atoms with Gasteiger partial charge in [-0.2, -0.15) is 5.10 Å². The summed E-state index contributed by atoms with van der Waals surface area (Å²) in [6.45, 7) is 4.29. The van der Waals surface area contributed by atoms with Crippen molar-refractivity contribution in [2.24, 2.45) is 0 Å². The van der Waals surface area contributed by atoms with Crippen molar-refractivity contribution in [1.82, 2.24) is 9.78 Å². The van der Waals surface area contributed by atoms with Crippen molar-refractivity contribution in [3.8, 4) is 5.75 Å². The SMILES string of the molecule is CCC(C)n1ccc(CC(O)Cc2ccc(OC)cc2)n1. The van der Waals surface area contributed by atoms with Crippen molar-refractivity contribution in [3.63, 3.8) is 0 Å². The molecule has 0 aliphatic rings. The zero-order valence-electron chi connectivity index (χ0n) is 13.0. The van der Waals surface area contributed by atoms with Crippen LogP contribution in [0.4, 0.5) is 0 Å². The molecule has 2 aromatic rings. The van der Waals surface area contributed by atoms with Gasteiger partial charge in [-0.05, 0) is 43.5 Å². The van der Waals surface area contributed by atoms with Gasteiger partial charge in [0.1, 0.15) is 5.75 Å². The van der Waals surface area contributed by atoms with Gasteiger partial charge in [-0.1, -0.05) is 19.1 Å². The first-order valence-corrected chi connectivity index (χ1v) is 7.47. The highest BCUT2D eigenvalue weighted by Crippen LogP contribution is 2.15. The molecular formula is C17H24N2O2. The van der Waals surface area contributed by atoms with E-state index in [1.807, 2.05) is 41.2 Å². The molecule has 0 spiro atoms. The molecule has 1 aromatic heterocycles. The smallest absolute Gasteiger partial charge is 0.118 e. The van der Waals surface area contributed by atoms with Crippen LogP contribution in [0, 0.1) is 0 Å². The van der Waals surface area contributed by atoms with Crippen LogP contribution in [0.5, 0.6) is 5.75 Å². The average molecular weight is 288 g/mol. The highest BCUT2D eigenvalue weighted by Gasteiger charge is 2.11. The Hall–Kier alpha value is -1.81. The Morgan fingerprint density at radius 3 is 2.52 bits per heavy atom. The number of ether oxygens (including phenoxy) is 1. The first-order valence-electron chi connectivity index (χ1n) is 7.47. The van der Waals surface area contributed by atoms with Gasteiger partial charge in [0.15, 0.2) is 0 Å². The summed E-state index contributed by atoms with van der Waals surface area (Å²) in [6, 6.07) is 10.2. The lowest BCUT2D eigenvalue weighted by Crippen LogP contribution is -2.15. The van der Waals surface area contributed by atoms with E-state index in [2.05, 4.69) is 18.9 Å². The maximum atomic E-state index is 10.2. The summed E-state index contributed by atoms with van der Waals surface area (Å²) in [4.78, 5) is 0. The van der Waals surface area contributed by atoms with E-state index < -0.39 is 6.10 Å². The second kappa shape index (κ2) is 7.27. The standard InChI is InChI=1S/C17H24N2O2/c1-4-13(2)19-10-9-15(18-19)12-16(20)11-14-5-7-17(21-3)8-6-14/h5-10,13,16,20H,4,11-12H2,1-3H3. The molecule has 1 N–H and O–H groups in total. The van der Waals surface area contributed by atoms with Gasteiger partial charge in [-0.25, -0.2) is 0 Å². The molecule has 0 aliphatic heterocycles. The molecule has 1 heterocycles. The third-order valence-corrected chi connectivity index (χ3v) is 3.78. The van der Waals surface area contributed by atoms with Crippen molar-refractivity contribution in [3.05, 3.63) is 47.8 Å². The van der Waals surface area contributed by atoms with E-state index in [9.17, 15) is 5.11 Å². The van der Waals surface area contributed by atoms with E-state index in [1.165, 1.54) is 0 Å². The molecule has 0 amide bonds. The van der Waals surface area contributed by atoms with Crippen molar-refractivity contribution < 1.29 is 9.84 Å². The van der Waals surface area contributed by atoms with E-state index in [0.29, 0.717) is 18.9 Å². The van der Waals surface area contributed by atoms with Crippen LogP contribution >= 0.6 is 0 Å². The summed E-state index contributed by atoms with van der Waals surface area (Å²) >= 11 is 0. The number of rotatable bonds is 7. The molecule has 0 fully saturated rings. The predicted octanol–water partition coefficient (Wildman–Crippen LogP) is 3.01. The lowest BCUT2D eigenvalue weighted by Gasteiger charge is -2.11. The van der Waals surface area contributed by atoms with Gasteiger partial charge in [-0.15, -0.1) is 0 Å². The van der Waals surface area contributed by atoms with E-state index in [1.54, 1.807) is 7.11 Å². The molecule has 4 nitrogen and oxygen atoms in total. The number of aliphatic hydroxyl groups excluding tert-OH is 1. The topological polar surface area (TPSA) is 47.3 Å². The Morgan fingerprint density at radius 2 is 1.90 bits per heavy atom. The minimum absolute atomic E-state index is 0.400. The number of hydrogen-bond acceptors (Lipinski definition) is 3. The number of nitrogens with zero attached hydrogens (tertiary/aromatic N) is 2. The van der Waals surface area contributed by atoms with Crippen LogP contribution in [-0.2, 0) is 12.8 Å². The summed E-state index contributed by atoms with van der Waals surface area (Å²) in [5.74, 6) is 0.834. The maximum Gasteiger partial charge on any atom is 0.118 e. The van der Waals surface area contributed by atoms with Gasteiger partial charge in [-0.3, -0.25) is 4.68 Å². The van der Waals surface area contributed by atoms with Crippen LogP contribution in [0.25, 0.3) is 0 Å². The fourth-order valence-corrected chi connectivity index (χ4v) is 2.27. The summed E-state index contributed by atoms with van der Waals surface area (Å²) in [7, 11) is 1.65. The lowest BCUT2D eigenvalue weighted by atomic mass is 10.0. The first kappa shape index (κ1) is 15.6.